The van der Waals surface area contributed by atoms with Gasteiger partial charge in [0.1, 0.15) is 17.6 Å². The van der Waals surface area contributed by atoms with Gasteiger partial charge in [-0.15, -0.1) is 0 Å². The van der Waals surface area contributed by atoms with Crippen LogP contribution in [0.15, 0.2) is 24.3 Å². The molecule has 26 heavy (non-hydrogen) atoms. The van der Waals surface area contributed by atoms with Gasteiger partial charge in [-0.2, -0.15) is 5.26 Å². The second-order valence-electron chi connectivity index (χ2n) is 6.18. The molecule has 0 spiro atoms. The number of nitrogens with one attached hydrogen (secondary N) is 1. The van der Waals surface area contributed by atoms with E-state index in [1.165, 1.54) is 19.2 Å². The number of carbonyl (C=O) groups is 1. The first-order chi connectivity index (χ1) is 12.4. The molecule has 0 aromatic heterocycles. The number of hydrogen-bond acceptors (Lipinski definition) is 4. The molecule has 2 aromatic carbocycles. The Bertz CT molecular complexity index is 921. The van der Waals surface area contributed by atoms with Crippen molar-refractivity contribution in [2.75, 3.05) is 26.0 Å². The maximum atomic E-state index is 13.9. The molecule has 0 unspecified atom stereocenters. The molecule has 0 fully saturated rings. The van der Waals surface area contributed by atoms with Crippen LogP contribution in [0.1, 0.15) is 16.7 Å². The summed E-state index contributed by atoms with van der Waals surface area (Å²) in [6.45, 7) is 1.27. The van der Waals surface area contributed by atoms with Crippen LogP contribution in [0.25, 0.3) is 11.1 Å². The van der Waals surface area contributed by atoms with Crippen LogP contribution in [0.4, 0.5) is 14.9 Å². The second kappa shape index (κ2) is 7.02. The second-order valence-corrected chi connectivity index (χ2v) is 6.18. The highest BCUT2D eigenvalue weighted by Crippen LogP contribution is 2.40. The van der Waals surface area contributed by atoms with Gasteiger partial charge in [0.15, 0.2) is 0 Å². The molecule has 134 valence electrons. The van der Waals surface area contributed by atoms with Crippen LogP contribution in [-0.2, 0) is 13.0 Å². The van der Waals surface area contributed by atoms with Crippen LogP contribution >= 0.6 is 0 Å². The molecule has 0 atom stereocenters. The van der Waals surface area contributed by atoms with Crippen LogP contribution in [0.2, 0.25) is 0 Å². The number of methoxy groups -OCH3 is 1. The van der Waals surface area contributed by atoms with Crippen molar-refractivity contribution in [1.29, 1.82) is 5.26 Å². The Hall–Kier alpha value is -3.11. The summed E-state index contributed by atoms with van der Waals surface area (Å²) in [4.78, 5) is 13.2. The van der Waals surface area contributed by atoms with E-state index in [9.17, 15) is 14.4 Å². The molecular weight excluding hydrogens is 337 g/mol. The lowest BCUT2D eigenvalue weighted by Gasteiger charge is -2.29. The zero-order valence-electron chi connectivity index (χ0n) is 14.5. The first kappa shape index (κ1) is 17.7. The van der Waals surface area contributed by atoms with E-state index >= 15 is 0 Å². The van der Waals surface area contributed by atoms with Crippen molar-refractivity contribution in [2.24, 2.45) is 0 Å². The number of nitriles is 1. The number of carboxylic acid groups (broad SMARTS) is 1. The molecule has 1 aliphatic heterocycles. The van der Waals surface area contributed by atoms with E-state index < -0.39 is 11.9 Å². The number of benzene rings is 2. The van der Waals surface area contributed by atoms with E-state index in [1.54, 1.807) is 12.1 Å². The van der Waals surface area contributed by atoms with Gasteiger partial charge in [-0.05, 0) is 54.4 Å². The number of likely N-dealkylation sites (N-methyl/N-ethyl adjacent to an activating group) is 1. The van der Waals surface area contributed by atoms with Gasteiger partial charge < -0.3 is 14.7 Å². The van der Waals surface area contributed by atoms with E-state index in [0.29, 0.717) is 35.5 Å². The largest absolute Gasteiger partial charge is 0.496 e. The van der Waals surface area contributed by atoms with Gasteiger partial charge in [0.2, 0.25) is 0 Å². The number of ether oxygens (including phenoxy) is 1. The van der Waals surface area contributed by atoms with E-state index in [0.717, 1.165) is 17.7 Å². The van der Waals surface area contributed by atoms with Gasteiger partial charge >= 0.3 is 6.09 Å². The topological polar surface area (TPSA) is 85.6 Å². The Labute approximate surface area is 150 Å². The third-order valence-corrected chi connectivity index (χ3v) is 4.52. The van der Waals surface area contributed by atoms with Crippen LogP contribution in [-0.4, -0.2) is 36.8 Å². The molecule has 0 aliphatic carbocycles. The van der Waals surface area contributed by atoms with Gasteiger partial charge in [0, 0.05) is 18.7 Å². The summed E-state index contributed by atoms with van der Waals surface area (Å²) >= 11 is 0. The number of rotatable bonds is 3. The molecule has 1 aliphatic rings. The fourth-order valence-corrected chi connectivity index (χ4v) is 3.36. The lowest BCUT2D eigenvalue weighted by Crippen LogP contribution is -2.28. The van der Waals surface area contributed by atoms with Gasteiger partial charge in [-0.25, -0.2) is 9.18 Å². The molecule has 0 saturated carbocycles. The molecule has 6 nitrogen and oxygen atoms in total. The zero-order valence-corrected chi connectivity index (χ0v) is 14.5. The molecule has 1 heterocycles. The summed E-state index contributed by atoms with van der Waals surface area (Å²) < 4.78 is 19.2. The lowest BCUT2D eigenvalue weighted by molar-refractivity contribution is 0.209. The van der Waals surface area contributed by atoms with Crippen molar-refractivity contribution in [3.63, 3.8) is 0 Å². The molecule has 1 amide bonds. The highest BCUT2D eigenvalue weighted by molar-refractivity contribution is 5.90. The van der Waals surface area contributed by atoms with Crippen molar-refractivity contribution in [3.05, 3.63) is 46.8 Å². The maximum Gasteiger partial charge on any atom is 0.409 e. The van der Waals surface area contributed by atoms with Crippen molar-refractivity contribution in [3.8, 4) is 22.9 Å². The summed E-state index contributed by atoms with van der Waals surface area (Å²) in [5.74, 6) is 0.0871. The Morgan fingerprint density at radius 2 is 2.12 bits per heavy atom. The first-order valence-corrected chi connectivity index (χ1v) is 8.05. The third-order valence-electron chi connectivity index (χ3n) is 4.52. The molecule has 2 N–H and O–H groups in total. The molecular formula is C19H18FN3O3. The van der Waals surface area contributed by atoms with Crippen LogP contribution in [0.3, 0.4) is 0 Å². The van der Waals surface area contributed by atoms with Crippen LogP contribution in [0, 0.1) is 17.1 Å². The standard InChI is InChI=1S/C19H18FN3O3/c1-23-6-5-13-14(15-8-12(20)3-4-17(15)26-2)7-11(9-21)18(16(13)10-23)22-19(24)25/h3-4,7-8,22H,5-6,10H2,1-2H3,(H,24,25). The molecule has 0 radical (unpaired) electrons. The Morgan fingerprint density at radius 1 is 1.35 bits per heavy atom. The first-order valence-electron chi connectivity index (χ1n) is 8.05. The maximum absolute atomic E-state index is 13.9. The summed E-state index contributed by atoms with van der Waals surface area (Å²) in [7, 11) is 3.43. The Balaban J connectivity index is 2.31. The Kier molecular flexibility index (Phi) is 4.78. The summed E-state index contributed by atoms with van der Waals surface area (Å²) in [6.07, 6.45) is -0.575. The van der Waals surface area contributed by atoms with Gasteiger partial charge in [0.05, 0.1) is 18.4 Å². The van der Waals surface area contributed by atoms with E-state index in [-0.39, 0.29) is 5.56 Å². The third kappa shape index (κ3) is 3.19. The highest BCUT2D eigenvalue weighted by Gasteiger charge is 2.25. The van der Waals surface area contributed by atoms with Crippen molar-refractivity contribution in [1.82, 2.24) is 4.90 Å². The number of hydrogen-bond donors (Lipinski definition) is 2. The summed E-state index contributed by atoms with van der Waals surface area (Å²) in [6, 6.07) is 7.88. The summed E-state index contributed by atoms with van der Waals surface area (Å²) in [5.41, 5.74) is 3.36. The highest BCUT2D eigenvalue weighted by atomic mass is 19.1. The van der Waals surface area contributed by atoms with Crippen molar-refractivity contribution >= 4 is 11.8 Å². The normalized spacial score (nSPS) is 13.6. The minimum absolute atomic E-state index is 0.197. The smallest absolute Gasteiger partial charge is 0.409 e. The number of anilines is 1. The van der Waals surface area contributed by atoms with Crippen molar-refractivity contribution < 1.29 is 19.0 Å². The number of amides is 1. The average Bonchev–Trinajstić information content (AvgIpc) is 2.61. The predicted octanol–water partition coefficient (Wildman–Crippen LogP) is 3.45. The zero-order chi connectivity index (χ0) is 18.8. The van der Waals surface area contributed by atoms with E-state index in [4.69, 9.17) is 9.84 Å². The molecule has 0 saturated heterocycles. The average molecular weight is 355 g/mol. The number of nitrogens with zero attached hydrogens (tertiary/aromatic N) is 2. The molecule has 0 bridgehead atoms. The monoisotopic (exact) mass is 355 g/mol. The summed E-state index contributed by atoms with van der Waals surface area (Å²) in [5, 5.41) is 21.1. The fourth-order valence-electron chi connectivity index (χ4n) is 3.36. The number of halogens is 1. The van der Waals surface area contributed by atoms with Gasteiger partial charge in [-0.1, -0.05) is 0 Å². The minimum Gasteiger partial charge on any atom is -0.496 e. The molecule has 2 aromatic rings. The molecule has 7 heteroatoms. The van der Waals surface area contributed by atoms with E-state index in [1.807, 2.05) is 18.0 Å². The predicted molar refractivity (Wildman–Crippen MR) is 94.8 cm³/mol. The van der Waals surface area contributed by atoms with Crippen LogP contribution < -0.4 is 10.1 Å². The fraction of sp³-hybridized carbons (Fsp3) is 0.263. The van der Waals surface area contributed by atoms with Crippen LogP contribution in [0.5, 0.6) is 5.75 Å². The van der Waals surface area contributed by atoms with Gasteiger partial charge in [0.25, 0.3) is 0 Å². The lowest BCUT2D eigenvalue weighted by atomic mass is 9.87. The Morgan fingerprint density at radius 3 is 2.77 bits per heavy atom. The molecule has 3 rings (SSSR count). The van der Waals surface area contributed by atoms with E-state index in [2.05, 4.69) is 5.32 Å². The quantitative estimate of drug-likeness (QED) is 0.881. The number of fused-ring (bicyclic) bond motifs is 1. The minimum atomic E-state index is -1.23. The van der Waals surface area contributed by atoms with Gasteiger partial charge in [-0.3, -0.25) is 5.32 Å². The van der Waals surface area contributed by atoms with Crippen molar-refractivity contribution in [2.45, 2.75) is 13.0 Å². The SMILES string of the molecule is COc1ccc(F)cc1-c1cc(C#N)c(NC(=O)O)c2c1CCN(C)C2.